The van der Waals surface area contributed by atoms with Crippen molar-refractivity contribution in [1.82, 2.24) is 4.57 Å². The SMILES string of the molecule is Cc1ccc(N2C(=O)C(=O)/C(=C(/O)c3ccc(OCC(C)C)c(C)c3)C2c2cn(C)c3ccccc23)cc1C. The number of rotatable bonds is 6. The minimum atomic E-state index is -0.796. The van der Waals surface area contributed by atoms with Gasteiger partial charge in [0.25, 0.3) is 11.7 Å². The van der Waals surface area contributed by atoms with E-state index < -0.39 is 17.7 Å². The number of amides is 1. The number of carbonyl (C=O) groups excluding carboxylic acids is 2. The molecule has 0 saturated carbocycles. The van der Waals surface area contributed by atoms with Gasteiger partial charge in [-0.3, -0.25) is 14.5 Å². The highest BCUT2D eigenvalue weighted by Gasteiger charge is 2.48. The van der Waals surface area contributed by atoms with E-state index in [1.54, 1.807) is 18.2 Å². The van der Waals surface area contributed by atoms with Crippen LogP contribution in [0.3, 0.4) is 0 Å². The summed E-state index contributed by atoms with van der Waals surface area (Å²) in [5.41, 5.74) is 5.85. The quantitative estimate of drug-likeness (QED) is 0.172. The van der Waals surface area contributed by atoms with Crippen molar-refractivity contribution in [2.45, 2.75) is 40.7 Å². The van der Waals surface area contributed by atoms with Gasteiger partial charge in [0.05, 0.1) is 18.2 Å². The van der Waals surface area contributed by atoms with Crippen molar-refractivity contribution in [3.8, 4) is 5.75 Å². The van der Waals surface area contributed by atoms with E-state index >= 15 is 0 Å². The predicted molar refractivity (Wildman–Crippen MR) is 155 cm³/mol. The Balaban J connectivity index is 1.72. The first-order valence-corrected chi connectivity index (χ1v) is 13.2. The molecule has 4 aromatic rings. The molecule has 0 spiro atoms. The fraction of sp³-hybridized carbons (Fsp3) is 0.273. The monoisotopic (exact) mass is 522 g/mol. The number of aromatic nitrogens is 1. The van der Waals surface area contributed by atoms with Gasteiger partial charge in [0, 0.05) is 41.0 Å². The van der Waals surface area contributed by atoms with Crippen LogP contribution in [0.4, 0.5) is 5.69 Å². The average Bonchev–Trinajstić information content (AvgIpc) is 3.37. The number of anilines is 1. The van der Waals surface area contributed by atoms with Crippen LogP contribution in [0.5, 0.6) is 5.75 Å². The van der Waals surface area contributed by atoms with Crippen LogP contribution < -0.4 is 9.64 Å². The lowest BCUT2D eigenvalue weighted by Crippen LogP contribution is -2.29. The molecule has 1 atom stereocenters. The van der Waals surface area contributed by atoms with Crippen LogP contribution in [0.1, 0.15) is 47.7 Å². The highest BCUT2D eigenvalue weighted by molar-refractivity contribution is 6.52. The summed E-state index contributed by atoms with van der Waals surface area (Å²) in [4.78, 5) is 28.8. The zero-order valence-corrected chi connectivity index (χ0v) is 23.3. The first-order chi connectivity index (χ1) is 18.6. The van der Waals surface area contributed by atoms with Gasteiger partial charge in [-0.05, 0) is 79.8 Å². The third-order valence-electron chi connectivity index (χ3n) is 7.46. The Morgan fingerprint density at radius 2 is 1.69 bits per heavy atom. The van der Waals surface area contributed by atoms with Crippen LogP contribution >= 0.6 is 0 Å². The molecule has 1 aliphatic rings. The summed E-state index contributed by atoms with van der Waals surface area (Å²) < 4.78 is 7.89. The second kappa shape index (κ2) is 10.1. The van der Waals surface area contributed by atoms with Gasteiger partial charge < -0.3 is 14.4 Å². The van der Waals surface area contributed by atoms with E-state index in [0.717, 1.165) is 38.9 Å². The second-order valence-electron chi connectivity index (χ2n) is 10.8. The second-order valence-corrected chi connectivity index (χ2v) is 10.8. The lowest BCUT2D eigenvalue weighted by Gasteiger charge is -2.25. The van der Waals surface area contributed by atoms with Crippen molar-refractivity contribution in [2.24, 2.45) is 13.0 Å². The van der Waals surface area contributed by atoms with Crippen molar-refractivity contribution in [2.75, 3.05) is 11.5 Å². The van der Waals surface area contributed by atoms with E-state index in [9.17, 15) is 14.7 Å². The molecule has 0 bridgehead atoms. The Morgan fingerprint density at radius 1 is 0.949 bits per heavy atom. The largest absolute Gasteiger partial charge is 0.507 e. The van der Waals surface area contributed by atoms with E-state index in [1.807, 2.05) is 81.0 Å². The topological polar surface area (TPSA) is 71.8 Å². The minimum absolute atomic E-state index is 0.0739. The zero-order chi connectivity index (χ0) is 28.0. The molecule has 3 aromatic carbocycles. The van der Waals surface area contributed by atoms with Crippen LogP contribution in [-0.2, 0) is 16.6 Å². The van der Waals surface area contributed by atoms with Gasteiger partial charge >= 0.3 is 0 Å². The Labute approximate surface area is 229 Å². The van der Waals surface area contributed by atoms with Gasteiger partial charge in [-0.2, -0.15) is 0 Å². The fourth-order valence-electron chi connectivity index (χ4n) is 5.23. The highest BCUT2D eigenvalue weighted by Crippen LogP contribution is 2.45. The Morgan fingerprint density at radius 3 is 2.38 bits per heavy atom. The molecule has 0 aliphatic carbocycles. The molecule has 2 heterocycles. The summed E-state index contributed by atoms with van der Waals surface area (Å²) in [5.74, 6) is -0.468. The number of para-hydroxylation sites is 1. The molecule has 1 saturated heterocycles. The number of ether oxygens (including phenoxy) is 1. The third-order valence-corrected chi connectivity index (χ3v) is 7.46. The summed E-state index contributed by atoms with van der Waals surface area (Å²) in [6.45, 7) is 10.6. The summed E-state index contributed by atoms with van der Waals surface area (Å²) >= 11 is 0. The van der Waals surface area contributed by atoms with Gasteiger partial charge in [0.15, 0.2) is 0 Å². The van der Waals surface area contributed by atoms with Gasteiger partial charge in [-0.15, -0.1) is 0 Å². The summed E-state index contributed by atoms with van der Waals surface area (Å²) in [5, 5.41) is 12.6. The number of aliphatic hydroxyl groups excluding tert-OH is 1. The predicted octanol–water partition coefficient (Wildman–Crippen LogP) is 6.76. The van der Waals surface area contributed by atoms with Crippen molar-refractivity contribution < 1.29 is 19.4 Å². The number of hydrogen-bond acceptors (Lipinski definition) is 4. The summed E-state index contributed by atoms with van der Waals surface area (Å²) in [7, 11) is 1.94. The molecular formula is C33H34N2O4. The standard InChI is InChI=1S/C33H34N2O4/c1-19(2)18-39-28-14-12-23(15-22(28)5)31(36)29-30(26-17-34(6)27-10-8-7-9-25(26)27)35(33(38)32(29)37)24-13-11-20(3)21(4)16-24/h7-17,19,30,36H,18H2,1-6H3/b31-29+. The van der Waals surface area contributed by atoms with Gasteiger partial charge in [-0.1, -0.05) is 38.1 Å². The average molecular weight is 523 g/mol. The number of benzene rings is 3. The molecule has 1 N–H and O–H groups in total. The maximum Gasteiger partial charge on any atom is 0.300 e. The molecule has 5 rings (SSSR count). The first kappa shape index (κ1) is 26.3. The van der Waals surface area contributed by atoms with Crippen molar-refractivity contribution >= 4 is 34.0 Å². The number of hydrogen-bond donors (Lipinski definition) is 1. The van der Waals surface area contributed by atoms with Gasteiger partial charge in [0.2, 0.25) is 0 Å². The van der Waals surface area contributed by atoms with Gasteiger partial charge in [-0.25, -0.2) is 0 Å². The normalized spacial score (nSPS) is 17.0. The number of nitrogens with zero attached hydrogens (tertiary/aromatic N) is 2. The molecule has 6 heteroatoms. The molecular weight excluding hydrogens is 488 g/mol. The lowest BCUT2D eigenvalue weighted by atomic mass is 9.94. The summed E-state index contributed by atoms with van der Waals surface area (Å²) in [6.07, 6.45) is 1.94. The van der Waals surface area contributed by atoms with Crippen LogP contribution in [-0.4, -0.2) is 28.0 Å². The first-order valence-electron chi connectivity index (χ1n) is 13.2. The fourth-order valence-corrected chi connectivity index (χ4v) is 5.23. The molecule has 1 aliphatic heterocycles. The van der Waals surface area contributed by atoms with Crippen molar-refractivity contribution in [3.05, 3.63) is 100 Å². The van der Waals surface area contributed by atoms with Crippen molar-refractivity contribution in [1.29, 1.82) is 0 Å². The Hall–Kier alpha value is -4.32. The van der Waals surface area contributed by atoms with Crippen LogP contribution in [0, 0.1) is 26.7 Å². The molecule has 1 fully saturated rings. The number of fused-ring (bicyclic) bond motifs is 1. The number of Topliss-reactive ketones (excluding diaryl/α,β-unsaturated/α-hetero) is 1. The number of ketones is 1. The van der Waals surface area contributed by atoms with E-state index in [-0.39, 0.29) is 11.3 Å². The maximum absolute atomic E-state index is 13.7. The molecule has 200 valence electrons. The molecule has 1 aromatic heterocycles. The minimum Gasteiger partial charge on any atom is -0.507 e. The maximum atomic E-state index is 13.7. The van der Waals surface area contributed by atoms with E-state index in [0.29, 0.717) is 23.8 Å². The molecule has 39 heavy (non-hydrogen) atoms. The van der Waals surface area contributed by atoms with E-state index in [1.165, 1.54) is 4.90 Å². The number of carbonyl (C=O) groups is 2. The number of aryl methyl sites for hydroxylation is 4. The lowest BCUT2D eigenvalue weighted by molar-refractivity contribution is -0.132. The Bertz CT molecular complexity index is 1640. The molecule has 1 amide bonds. The molecule has 0 radical (unpaired) electrons. The number of aliphatic hydroxyl groups is 1. The van der Waals surface area contributed by atoms with Crippen LogP contribution in [0.2, 0.25) is 0 Å². The third kappa shape index (κ3) is 4.60. The van der Waals surface area contributed by atoms with Crippen LogP contribution in [0.15, 0.2) is 72.4 Å². The highest BCUT2D eigenvalue weighted by atomic mass is 16.5. The van der Waals surface area contributed by atoms with Crippen LogP contribution in [0.25, 0.3) is 16.7 Å². The summed E-state index contributed by atoms with van der Waals surface area (Å²) in [6, 6.07) is 18.1. The van der Waals surface area contributed by atoms with E-state index in [4.69, 9.17) is 4.74 Å². The Kier molecular flexibility index (Phi) is 6.81. The van der Waals surface area contributed by atoms with Gasteiger partial charge in [0.1, 0.15) is 11.5 Å². The van der Waals surface area contributed by atoms with Crippen molar-refractivity contribution in [3.63, 3.8) is 0 Å². The smallest absolute Gasteiger partial charge is 0.300 e. The van der Waals surface area contributed by atoms with E-state index in [2.05, 4.69) is 13.8 Å². The molecule has 6 nitrogen and oxygen atoms in total. The zero-order valence-electron chi connectivity index (χ0n) is 23.3. The molecule has 1 unspecified atom stereocenters.